The Morgan fingerprint density at radius 3 is 2.42 bits per heavy atom. The van der Waals surface area contributed by atoms with Crippen LogP contribution < -0.4 is 20.1 Å². The van der Waals surface area contributed by atoms with Crippen LogP contribution in [-0.2, 0) is 11.2 Å². The molecule has 0 spiro atoms. The highest BCUT2D eigenvalue weighted by atomic mass is 16.7. The number of carbonyl (C=O) groups is 4. The zero-order chi connectivity index (χ0) is 25.3. The molecule has 4 amide bonds. The van der Waals surface area contributed by atoms with E-state index in [1.165, 1.54) is 0 Å². The fourth-order valence-electron chi connectivity index (χ4n) is 4.24. The first-order valence-electron chi connectivity index (χ1n) is 11.3. The van der Waals surface area contributed by atoms with Crippen LogP contribution in [0.25, 0.3) is 0 Å². The van der Waals surface area contributed by atoms with Crippen LogP contribution in [0.3, 0.4) is 0 Å². The Kier molecular flexibility index (Phi) is 5.89. The number of urea groups is 1. The number of hydrogen-bond donors (Lipinski definition) is 2. The van der Waals surface area contributed by atoms with E-state index < -0.39 is 29.8 Å². The monoisotopic (exact) mass is 485 g/mol. The molecule has 9 heteroatoms. The minimum absolute atomic E-state index is 0.141. The van der Waals surface area contributed by atoms with Gasteiger partial charge in [-0.25, -0.2) is 4.79 Å². The molecule has 0 aromatic heterocycles. The van der Waals surface area contributed by atoms with Gasteiger partial charge in [0.2, 0.25) is 6.79 Å². The van der Waals surface area contributed by atoms with Crippen molar-refractivity contribution in [3.63, 3.8) is 0 Å². The molecule has 2 N–H and O–H groups in total. The molecule has 1 fully saturated rings. The van der Waals surface area contributed by atoms with E-state index in [2.05, 4.69) is 10.6 Å². The Bertz CT molecular complexity index is 1360. The highest BCUT2D eigenvalue weighted by molar-refractivity contribution is 6.11. The molecule has 2 heterocycles. The number of imide groups is 1. The number of rotatable bonds is 7. The Morgan fingerprint density at radius 2 is 1.67 bits per heavy atom. The van der Waals surface area contributed by atoms with Gasteiger partial charge >= 0.3 is 6.03 Å². The molecule has 3 aromatic carbocycles. The number of hydrogen-bond acceptors (Lipinski definition) is 6. The lowest BCUT2D eigenvalue weighted by Gasteiger charge is -2.21. The molecular formula is C27H23N3O6. The topological polar surface area (TPSA) is 114 Å². The van der Waals surface area contributed by atoms with Crippen molar-refractivity contribution >= 4 is 29.3 Å². The normalized spacial score (nSPS) is 18.2. The van der Waals surface area contributed by atoms with Crippen LogP contribution >= 0.6 is 0 Å². The van der Waals surface area contributed by atoms with Gasteiger partial charge in [-0.1, -0.05) is 24.3 Å². The average molecular weight is 485 g/mol. The van der Waals surface area contributed by atoms with E-state index in [0.717, 1.165) is 10.5 Å². The molecule has 2 aliphatic heterocycles. The van der Waals surface area contributed by atoms with E-state index in [9.17, 15) is 19.2 Å². The van der Waals surface area contributed by atoms with Crippen LogP contribution in [0.4, 0.5) is 10.5 Å². The molecule has 2 aliphatic rings. The van der Waals surface area contributed by atoms with Gasteiger partial charge in [-0.05, 0) is 61.0 Å². The zero-order valence-corrected chi connectivity index (χ0v) is 19.4. The first-order chi connectivity index (χ1) is 17.3. The molecule has 182 valence electrons. The van der Waals surface area contributed by atoms with Crippen molar-refractivity contribution in [2.24, 2.45) is 0 Å². The van der Waals surface area contributed by atoms with Crippen LogP contribution in [0.1, 0.15) is 33.2 Å². The van der Waals surface area contributed by atoms with Crippen LogP contribution in [0, 0.1) is 0 Å². The minimum atomic E-state index is -1.20. The molecule has 3 aromatic rings. The standard InChI is InChI=1S/C27H23N3O6/c1-27(14-17-7-12-22-23(13-17)36-16-35-22)25(33)30(26(34)29-27)15-21(31)18-8-10-20(11-9-18)28-24(32)19-5-3-2-4-6-19/h2-13H,14-16H2,1H3,(H,28,32)(H,29,34)/t27-/m1/s1. The van der Waals surface area contributed by atoms with Gasteiger partial charge < -0.3 is 20.1 Å². The summed E-state index contributed by atoms with van der Waals surface area (Å²) in [5, 5.41) is 5.48. The van der Waals surface area contributed by atoms with Crippen LogP contribution in [0.15, 0.2) is 72.8 Å². The van der Waals surface area contributed by atoms with Crippen molar-refractivity contribution in [3.05, 3.63) is 89.5 Å². The molecule has 36 heavy (non-hydrogen) atoms. The lowest BCUT2D eigenvalue weighted by molar-refractivity contribution is -0.130. The quantitative estimate of drug-likeness (QED) is 0.392. The number of fused-ring (bicyclic) bond motifs is 1. The summed E-state index contributed by atoms with van der Waals surface area (Å²) in [6, 6.07) is 19.8. The smallest absolute Gasteiger partial charge is 0.325 e. The summed E-state index contributed by atoms with van der Waals surface area (Å²) in [7, 11) is 0. The van der Waals surface area contributed by atoms with Gasteiger partial charge in [-0.3, -0.25) is 19.3 Å². The molecule has 0 bridgehead atoms. The van der Waals surface area contributed by atoms with Gasteiger partial charge in [-0.2, -0.15) is 0 Å². The highest BCUT2D eigenvalue weighted by Crippen LogP contribution is 2.34. The molecule has 1 atom stereocenters. The molecule has 0 saturated carbocycles. The third kappa shape index (κ3) is 4.50. The van der Waals surface area contributed by atoms with E-state index in [1.54, 1.807) is 67.6 Å². The largest absolute Gasteiger partial charge is 0.454 e. The predicted molar refractivity (Wildman–Crippen MR) is 130 cm³/mol. The number of amides is 4. The van der Waals surface area contributed by atoms with E-state index >= 15 is 0 Å². The van der Waals surface area contributed by atoms with Gasteiger partial charge in [0, 0.05) is 23.2 Å². The van der Waals surface area contributed by atoms with E-state index in [1.807, 2.05) is 12.1 Å². The minimum Gasteiger partial charge on any atom is -0.454 e. The van der Waals surface area contributed by atoms with Crippen molar-refractivity contribution in [2.75, 3.05) is 18.7 Å². The highest BCUT2D eigenvalue weighted by Gasteiger charge is 2.48. The second-order valence-electron chi connectivity index (χ2n) is 8.84. The van der Waals surface area contributed by atoms with Gasteiger partial charge in [0.05, 0.1) is 6.54 Å². The summed E-state index contributed by atoms with van der Waals surface area (Å²) in [6.45, 7) is 1.38. The predicted octanol–water partition coefficient (Wildman–Crippen LogP) is 3.40. The first kappa shape index (κ1) is 23.1. The number of Topliss-reactive ketones (excluding diaryl/α,β-unsaturated/α-hetero) is 1. The maximum Gasteiger partial charge on any atom is 0.325 e. The summed E-state index contributed by atoms with van der Waals surface area (Å²) in [5.74, 6) is 0.0691. The second kappa shape index (κ2) is 9.18. The number of ether oxygens (including phenoxy) is 2. The lowest BCUT2D eigenvalue weighted by Crippen LogP contribution is -2.46. The molecular weight excluding hydrogens is 462 g/mol. The Morgan fingerprint density at radius 1 is 0.944 bits per heavy atom. The van der Waals surface area contributed by atoms with Crippen LogP contribution in [0.2, 0.25) is 0 Å². The van der Waals surface area contributed by atoms with Crippen molar-refractivity contribution in [3.8, 4) is 11.5 Å². The maximum absolute atomic E-state index is 13.1. The van der Waals surface area contributed by atoms with Crippen molar-refractivity contribution in [1.82, 2.24) is 10.2 Å². The molecule has 0 aliphatic carbocycles. The lowest BCUT2D eigenvalue weighted by atomic mass is 9.92. The summed E-state index contributed by atoms with van der Waals surface area (Å²) >= 11 is 0. The van der Waals surface area contributed by atoms with E-state index in [4.69, 9.17) is 9.47 Å². The van der Waals surface area contributed by atoms with E-state index in [-0.39, 0.29) is 19.1 Å². The number of carbonyl (C=O) groups excluding carboxylic acids is 4. The summed E-state index contributed by atoms with van der Waals surface area (Å²) in [6.07, 6.45) is 0.231. The third-order valence-electron chi connectivity index (χ3n) is 6.14. The summed E-state index contributed by atoms with van der Waals surface area (Å²) in [5.41, 5.74) is 0.942. The van der Waals surface area contributed by atoms with Crippen molar-refractivity contribution in [1.29, 1.82) is 0 Å². The zero-order valence-electron chi connectivity index (χ0n) is 19.4. The molecule has 0 unspecified atom stereocenters. The molecule has 5 rings (SSSR count). The Hall–Kier alpha value is -4.66. The fourth-order valence-corrected chi connectivity index (χ4v) is 4.24. The Balaban J connectivity index is 1.23. The maximum atomic E-state index is 13.1. The van der Waals surface area contributed by atoms with Gasteiger partial charge in [0.25, 0.3) is 11.8 Å². The SMILES string of the molecule is C[C@]1(Cc2ccc3c(c2)OCO3)NC(=O)N(CC(=O)c2ccc(NC(=O)c3ccccc3)cc2)C1=O. The number of nitrogens with one attached hydrogen (secondary N) is 2. The molecule has 1 saturated heterocycles. The first-order valence-corrected chi connectivity index (χ1v) is 11.3. The fraction of sp³-hybridized carbons (Fsp3) is 0.185. The molecule has 9 nitrogen and oxygen atoms in total. The number of anilines is 1. The van der Waals surface area contributed by atoms with Crippen molar-refractivity contribution < 1.29 is 28.7 Å². The number of benzene rings is 3. The van der Waals surface area contributed by atoms with Crippen molar-refractivity contribution in [2.45, 2.75) is 18.9 Å². The van der Waals surface area contributed by atoms with E-state index in [0.29, 0.717) is 28.3 Å². The second-order valence-corrected chi connectivity index (χ2v) is 8.84. The number of nitrogens with zero attached hydrogens (tertiary/aromatic N) is 1. The van der Waals surface area contributed by atoms with Crippen LogP contribution in [-0.4, -0.2) is 47.4 Å². The van der Waals surface area contributed by atoms with Gasteiger partial charge in [0.1, 0.15) is 5.54 Å². The average Bonchev–Trinajstić information content (AvgIpc) is 3.42. The molecule has 0 radical (unpaired) electrons. The van der Waals surface area contributed by atoms with Crippen LogP contribution in [0.5, 0.6) is 11.5 Å². The summed E-state index contributed by atoms with van der Waals surface area (Å²) < 4.78 is 10.7. The number of ketones is 1. The Labute approximate surface area is 207 Å². The van der Waals surface area contributed by atoms with Gasteiger partial charge in [-0.15, -0.1) is 0 Å². The third-order valence-corrected chi connectivity index (χ3v) is 6.14. The summed E-state index contributed by atoms with van der Waals surface area (Å²) in [4.78, 5) is 51.8. The van der Waals surface area contributed by atoms with Gasteiger partial charge in [0.15, 0.2) is 17.3 Å².